The first-order valence-corrected chi connectivity index (χ1v) is 12.0. The van der Waals surface area contributed by atoms with Crippen molar-refractivity contribution in [3.05, 3.63) is 103 Å². The Kier molecular flexibility index (Phi) is 8.49. The second-order valence-corrected chi connectivity index (χ2v) is 9.20. The van der Waals surface area contributed by atoms with Crippen LogP contribution in [0.1, 0.15) is 11.1 Å². The van der Waals surface area contributed by atoms with E-state index in [1.54, 1.807) is 36.4 Å². The van der Waals surface area contributed by atoms with Crippen LogP contribution in [0.15, 0.2) is 102 Å². The van der Waals surface area contributed by atoms with Crippen molar-refractivity contribution in [3.8, 4) is 5.75 Å². The minimum absolute atomic E-state index is 0.185. The van der Waals surface area contributed by atoms with Gasteiger partial charge in [0.1, 0.15) is 18.9 Å². The maximum Gasteiger partial charge on any atom is 0.416 e. The van der Waals surface area contributed by atoms with Crippen LogP contribution >= 0.6 is 0 Å². The van der Waals surface area contributed by atoms with Crippen molar-refractivity contribution in [2.24, 2.45) is 5.10 Å². The summed E-state index contributed by atoms with van der Waals surface area (Å²) < 4.78 is 72.3. The molecule has 0 aliphatic heterocycles. The number of hydrogen-bond donors (Lipinski definition) is 1. The van der Waals surface area contributed by atoms with Crippen LogP contribution in [0.3, 0.4) is 0 Å². The van der Waals surface area contributed by atoms with Gasteiger partial charge in [0.05, 0.1) is 22.4 Å². The number of hydrogen-bond acceptors (Lipinski definition) is 5. The van der Waals surface area contributed by atoms with Crippen molar-refractivity contribution >= 4 is 27.8 Å². The third-order valence-corrected chi connectivity index (χ3v) is 6.50. The molecule has 0 atom stereocenters. The Hall–Kier alpha value is -4.12. The Morgan fingerprint density at radius 3 is 2.44 bits per heavy atom. The lowest BCUT2D eigenvalue weighted by molar-refractivity contribution is -0.137. The van der Waals surface area contributed by atoms with Crippen LogP contribution in [0.2, 0.25) is 0 Å². The highest BCUT2D eigenvalue weighted by molar-refractivity contribution is 7.92. The van der Waals surface area contributed by atoms with Crippen LogP contribution in [-0.2, 0) is 21.0 Å². The second-order valence-electron chi connectivity index (χ2n) is 7.34. The van der Waals surface area contributed by atoms with E-state index in [-0.39, 0.29) is 10.6 Å². The van der Waals surface area contributed by atoms with Crippen molar-refractivity contribution in [2.45, 2.75) is 11.1 Å². The van der Waals surface area contributed by atoms with Crippen LogP contribution < -0.4 is 14.5 Å². The van der Waals surface area contributed by atoms with Gasteiger partial charge in [-0.05, 0) is 48.0 Å². The Morgan fingerprint density at radius 2 is 1.75 bits per heavy atom. The van der Waals surface area contributed by atoms with E-state index in [4.69, 9.17) is 4.74 Å². The number of anilines is 1. The normalized spacial score (nSPS) is 11.8. The fraction of sp³-hybridized carbons (Fsp3) is 0.120. The predicted octanol–water partition coefficient (Wildman–Crippen LogP) is 4.62. The molecule has 3 rings (SSSR count). The van der Waals surface area contributed by atoms with Gasteiger partial charge in [-0.25, -0.2) is 13.8 Å². The molecule has 0 unspecified atom stereocenters. The Morgan fingerprint density at radius 1 is 1.03 bits per heavy atom. The number of carbonyl (C=O) groups excluding carboxylic acids is 1. The zero-order valence-corrected chi connectivity index (χ0v) is 19.7. The summed E-state index contributed by atoms with van der Waals surface area (Å²) in [5, 5.41) is 3.82. The summed E-state index contributed by atoms with van der Waals surface area (Å²) in [5.74, 6) is -0.308. The van der Waals surface area contributed by atoms with Gasteiger partial charge in [0, 0.05) is 0 Å². The van der Waals surface area contributed by atoms with Crippen LogP contribution in [0.4, 0.5) is 18.9 Å². The van der Waals surface area contributed by atoms with Crippen molar-refractivity contribution < 1.29 is 31.1 Å². The minimum Gasteiger partial charge on any atom is -0.490 e. The van der Waals surface area contributed by atoms with Gasteiger partial charge in [-0.15, -0.1) is 0 Å². The Labute approximate surface area is 206 Å². The molecule has 0 saturated heterocycles. The van der Waals surface area contributed by atoms with Gasteiger partial charge < -0.3 is 4.74 Å². The summed E-state index contributed by atoms with van der Waals surface area (Å²) >= 11 is 0. The van der Waals surface area contributed by atoms with E-state index in [1.807, 2.05) is 0 Å². The first kappa shape index (κ1) is 26.5. The highest BCUT2D eigenvalue weighted by atomic mass is 32.2. The number of rotatable bonds is 10. The Balaban J connectivity index is 1.84. The molecule has 0 aromatic heterocycles. The smallest absolute Gasteiger partial charge is 0.416 e. The van der Waals surface area contributed by atoms with Gasteiger partial charge >= 0.3 is 6.18 Å². The lowest BCUT2D eigenvalue weighted by Gasteiger charge is -2.24. The number of nitrogens with one attached hydrogen (secondary N) is 1. The zero-order valence-electron chi connectivity index (χ0n) is 18.9. The van der Waals surface area contributed by atoms with Gasteiger partial charge in [0.25, 0.3) is 15.9 Å². The minimum atomic E-state index is -4.70. The number of carbonyl (C=O) groups is 1. The van der Waals surface area contributed by atoms with E-state index in [2.05, 4.69) is 17.1 Å². The Bertz CT molecular complexity index is 1340. The molecule has 188 valence electrons. The average molecular weight is 518 g/mol. The van der Waals surface area contributed by atoms with Crippen molar-refractivity contribution in [3.63, 3.8) is 0 Å². The van der Waals surface area contributed by atoms with Crippen LogP contribution in [0.5, 0.6) is 5.75 Å². The number of sulfonamides is 1. The molecule has 1 amide bonds. The molecule has 36 heavy (non-hydrogen) atoms. The van der Waals surface area contributed by atoms with Gasteiger partial charge in [-0.3, -0.25) is 9.10 Å². The maximum atomic E-state index is 13.3. The molecule has 3 aromatic carbocycles. The predicted molar refractivity (Wildman–Crippen MR) is 130 cm³/mol. The van der Waals surface area contributed by atoms with Crippen LogP contribution in [0, 0.1) is 0 Å². The fourth-order valence-corrected chi connectivity index (χ4v) is 4.49. The second kappa shape index (κ2) is 11.5. The van der Waals surface area contributed by atoms with Gasteiger partial charge in [-0.1, -0.05) is 49.1 Å². The third kappa shape index (κ3) is 6.95. The molecule has 0 fully saturated rings. The quantitative estimate of drug-likeness (QED) is 0.242. The summed E-state index contributed by atoms with van der Waals surface area (Å²) in [5.41, 5.74) is 1.42. The largest absolute Gasteiger partial charge is 0.490 e. The monoisotopic (exact) mass is 517 g/mol. The summed E-state index contributed by atoms with van der Waals surface area (Å²) in [7, 11) is -4.37. The molecule has 1 N–H and O–H groups in total. The molecule has 0 spiro atoms. The van der Waals surface area contributed by atoms with E-state index in [0.29, 0.717) is 28.3 Å². The topological polar surface area (TPSA) is 88.1 Å². The van der Waals surface area contributed by atoms with E-state index in [9.17, 15) is 26.4 Å². The first-order valence-electron chi connectivity index (χ1n) is 10.5. The van der Waals surface area contributed by atoms with Crippen LogP contribution in [0.25, 0.3) is 0 Å². The lowest BCUT2D eigenvalue weighted by Crippen LogP contribution is -2.39. The highest BCUT2D eigenvalue weighted by Crippen LogP contribution is 2.33. The van der Waals surface area contributed by atoms with E-state index in [0.717, 1.165) is 12.1 Å². The summed E-state index contributed by atoms with van der Waals surface area (Å²) in [6.45, 7) is 3.06. The van der Waals surface area contributed by atoms with Gasteiger partial charge in [0.15, 0.2) is 0 Å². The van der Waals surface area contributed by atoms with E-state index >= 15 is 0 Å². The van der Waals surface area contributed by atoms with Gasteiger partial charge in [0.2, 0.25) is 0 Å². The lowest BCUT2D eigenvalue weighted by atomic mass is 10.2. The molecule has 0 aliphatic carbocycles. The molecule has 0 radical (unpaired) electrons. The SMILES string of the molecule is C=CCOc1cccc(/C=N\NC(=O)CN(c2cccc(C(F)(F)F)c2)S(=O)(=O)c2ccccc2)c1. The maximum absolute atomic E-state index is 13.3. The standard InChI is InChI=1S/C25H22F3N3O4S/c1-2-14-35-22-11-6-8-19(15-22)17-29-30-24(32)18-31(36(33,34)23-12-4-3-5-13-23)21-10-7-9-20(16-21)25(26,27)28/h2-13,15-17H,1,14,18H2,(H,30,32)/b29-17-. The summed E-state index contributed by atoms with van der Waals surface area (Å²) in [6.07, 6.45) is -1.80. The number of hydrazone groups is 1. The van der Waals surface area contributed by atoms with E-state index < -0.39 is 34.2 Å². The molecule has 0 saturated carbocycles. The summed E-state index contributed by atoms with van der Waals surface area (Å²) in [4.78, 5) is 12.4. The molecule has 3 aromatic rings. The van der Waals surface area contributed by atoms with E-state index in [1.165, 1.54) is 36.5 Å². The number of nitrogens with zero attached hydrogens (tertiary/aromatic N) is 2. The average Bonchev–Trinajstić information content (AvgIpc) is 2.86. The zero-order chi connectivity index (χ0) is 26.2. The van der Waals surface area contributed by atoms with Crippen molar-refractivity contribution in [1.29, 1.82) is 0 Å². The number of alkyl halides is 3. The molecule has 0 aliphatic rings. The molecule has 7 nitrogen and oxygen atoms in total. The molecule has 0 heterocycles. The molecular weight excluding hydrogens is 495 g/mol. The molecule has 0 bridgehead atoms. The number of benzene rings is 3. The molecular formula is C25H22F3N3O4S. The van der Waals surface area contributed by atoms with Gasteiger partial charge in [-0.2, -0.15) is 18.3 Å². The first-order chi connectivity index (χ1) is 17.1. The summed E-state index contributed by atoms with van der Waals surface area (Å²) in [6, 6.07) is 17.6. The van der Waals surface area contributed by atoms with Crippen LogP contribution in [-0.4, -0.2) is 33.7 Å². The molecule has 11 heteroatoms. The number of ether oxygens (including phenoxy) is 1. The number of halogens is 3. The van der Waals surface area contributed by atoms with Crippen molar-refractivity contribution in [2.75, 3.05) is 17.5 Å². The third-order valence-electron chi connectivity index (χ3n) is 4.71. The fourth-order valence-electron chi connectivity index (χ4n) is 3.06. The van der Waals surface area contributed by atoms with Crippen molar-refractivity contribution in [1.82, 2.24) is 5.43 Å². The number of amides is 1. The highest BCUT2D eigenvalue weighted by Gasteiger charge is 2.33.